The average Bonchev–Trinajstić information content (AvgIpc) is 2.84. The van der Waals surface area contributed by atoms with Crippen LogP contribution in [0.4, 0.5) is 4.39 Å². The lowest BCUT2D eigenvalue weighted by Gasteiger charge is -2.37. The molecule has 1 N–H and O–H groups in total. The highest BCUT2D eigenvalue weighted by Crippen LogP contribution is 2.38. The molecule has 1 aromatic carbocycles. The number of benzene rings is 1. The lowest BCUT2D eigenvalue weighted by molar-refractivity contribution is -0.0684. The lowest BCUT2D eigenvalue weighted by atomic mass is 9.80. The molecule has 2 fully saturated rings. The second-order valence-corrected chi connectivity index (χ2v) is 7.16. The Balaban J connectivity index is 1.65. The van der Waals surface area contributed by atoms with Gasteiger partial charge < -0.3 is 4.74 Å². The number of nitrogens with zero attached hydrogens (tertiary/aromatic N) is 2. The van der Waals surface area contributed by atoms with Crippen LogP contribution in [0.15, 0.2) is 18.3 Å². The van der Waals surface area contributed by atoms with Gasteiger partial charge in [0.05, 0.1) is 31.0 Å². The fraction of sp³-hybridized carbons (Fsp3) is 0.611. The molecule has 0 spiro atoms. The van der Waals surface area contributed by atoms with Gasteiger partial charge in [-0.05, 0) is 49.1 Å². The molecule has 1 aromatic heterocycles. The molecule has 3 atom stereocenters. The predicted octanol–water partition coefficient (Wildman–Crippen LogP) is 3.03. The molecule has 3 heterocycles. The number of fused-ring (bicyclic) bond motifs is 1. The minimum absolute atomic E-state index is 0.0475. The van der Waals surface area contributed by atoms with E-state index >= 15 is 4.39 Å². The zero-order chi connectivity index (χ0) is 16.0. The molecule has 2 saturated heterocycles. The van der Waals surface area contributed by atoms with Crippen molar-refractivity contribution in [2.45, 2.75) is 38.4 Å². The number of hydrogen-bond donors (Lipinski definition) is 1. The van der Waals surface area contributed by atoms with Gasteiger partial charge in [0.2, 0.25) is 0 Å². The van der Waals surface area contributed by atoms with Crippen molar-refractivity contribution >= 4 is 10.9 Å². The van der Waals surface area contributed by atoms with Gasteiger partial charge in [-0.15, -0.1) is 0 Å². The van der Waals surface area contributed by atoms with Gasteiger partial charge in [-0.1, -0.05) is 6.92 Å². The molecule has 2 aliphatic heterocycles. The van der Waals surface area contributed by atoms with Gasteiger partial charge in [0.15, 0.2) is 0 Å². The summed E-state index contributed by atoms with van der Waals surface area (Å²) in [5.74, 6) is 0.281. The summed E-state index contributed by atoms with van der Waals surface area (Å²) in [5.41, 5.74) is 3.30. The number of halogens is 1. The van der Waals surface area contributed by atoms with Gasteiger partial charge in [-0.3, -0.25) is 10.00 Å². The summed E-state index contributed by atoms with van der Waals surface area (Å²) in [7, 11) is 0. The number of ether oxygens (including phenoxy) is 1. The highest BCUT2D eigenvalue weighted by atomic mass is 19.1. The van der Waals surface area contributed by atoms with Crippen molar-refractivity contribution in [3.05, 3.63) is 29.5 Å². The van der Waals surface area contributed by atoms with Crippen LogP contribution in [0.1, 0.15) is 30.4 Å². The molecule has 4 rings (SSSR count). The zero-order valence-electron chi connectivity index (χ0n) is 13.8. The van der Waals surface area contributed by atoms with Crippen molar-refractivity contribution in [3.8, 4) is 0 Å². The summed E-state index contributed by atoms with van der Waals surface area (Å²) in [6, 6.07) is 4.64. The molecule has 0 bridgehead atoms. The van der Waals surface area contributed by atoms with Crippen LogP contribution in [-0.4, -0.2) is 53.6 Å². The molecule has 0 radical (unpaired) electrons. The van der Waals surface area contributed by atoms with Crippen molar-refractivity contribution in [2.75, 3.05) is 26.3 Å². The number of likely N-dealkylation sites (tertiary alicyclic amines) is 1. The van der Waals surface area contributed by atoms with E-state index in [-0.39, 0.29) is 5.92 Å². The smallest absolute Gasteiger partial charge is 0.120 e. The van der Waals surface area contributed by atoms with Crippen LogP contribution < -0.4 is 0 Å². The first-order chi connectivity index (χ1) is 11.1. The Morgan fingerprint density at radius 2 is 2.17 bits per heavy atom. The average molecular weight is 317 g/mol. The van der Waals surface area contributed by atoms with Gasteiger partial charge in [-0.25, -0.2) is 4.39 Å². The van der Waals surface area contributed by atoms with E-state index in [2.05, 4.69) is 41.1 Å². The lowest BCUT2D eigenvalue weighted by Crippen LogP contribution is -2.50. The molecule has 0 aliphatic carbocycles. The van der Waals surface area contributed by atoms with E-state index in [1.807, 2.05) is 6.20 Å². The van der Waals surface area contributed by atoms with Gasteiger partial charge >= 0.3 is 0 Å². The van der Waals surface area contributed by atoms with Crippen LogP contribution in [0, 0.1) is 12.8 Å². The second kappa shape index (κ2) is 5.87. The molecule has 124 valence electrons. The Labute approximate surface area is 136 Å². The third kappa shape index (κ3) is 2.66. The minimum Gasteiger partial charge on any atom is -0.378 e. The van der Waals surface area contributed by atoms with Gasteiger partial charge in [0, 0.05) is 17.8 Å². The van der Waals surface area contributed by atoms with Crippen molar-refractivity contribution in [3.63, 3.8) is 0 Å². The molecule has 4 nitrogen and oxygen atoms in total. The maximum absolute atomic E-state index is 15.2. The molecule has 2 aromatic rings. The molecule has 2 aliphatic rings. The topological polar surface area (TPSA) is 41.2 Å². The maximum atomic E-state index is 15.2. The van der Waals surface area contributed by atoms with Crippen molar-refractivity contribution in [2.24, 2.45) is 5.92 Å². The van der Waals surface area contributed by atoms with Gasteiger partial charge in [0.1, 0.15) is 6.17 Å². The maximum Gasteiger partial charge on any atom is 0.120 e. The Morgan fingerprint density at radius 1 is 1.35 bits per heavy atom. The first kappa shape index (κ1) is 15.1. The summed E-state index contributed by atoms with van der Waals surface area (Å²) < 4.78 is 20.5. The summed E-state index contributed by atoms with van der Waals surface area (Å²) in [6.07, 6.45) is 2.02. The van der Waals surface area contributed by atoms with Crippen LogP contribution in [-0.2, 0) is 4.74 Å². The molecule has 0 saturated carbocycles. The number of nitrogens with one attached hydrogen (secondary N) is 1. The van der Waals surface area contributed by atoms with E-state index in [9.17, 15) is 0 Å². The Bertz CT molecular complexity index is 697. The van der Waals surface area contributed by atoms with E-state index in [1.54, 1.807) is 0 Å². The normalized spacial score (nSPS) is 30.3. The largest absolute Gasteiger partial charge is 0.378 e. The Morgan fingerprint density at radius 3 is 2.91 bits per heavy atom. The predicted molar refractivity (Wildman–Crippen MR) is 88.4 cm³/mol. The van der Waals surface area contributed by atoms with Crippen LogP contribution in [0.5, 0.6) is 0 Å². The van der Waals surface area contributed by atoms with Crippen LogP contribution in [0.25, 0.3) is 10.9 Å². The quantitative estimate of drug-likeness (QED) is 0.925. The first-order valence-corrected chi connectivity index (χ1v) is 8.53. The number of H-pyrrole nitrogens is 1. The van der Waals surface area contributed by atoms with Crippen LogP contribution in [0.2, 0.25) is 0 Å². The fourth-order valence-electron chi connectivity index (χ4n) is 4.08. The summed E-state index contributed by atoms with van der Waals surface area (Å²) in [5, 5.41) is 8.21. The number of hydrogen-bond acceptors (Lipinski definition) is 3. The number of rotatable bonds is 2. The molecule has 2 unspecified atom stereocenters. The number of alkyl halides is 1. The molecule has 5 heteroatoms. The highest BCUT2D eigenvalue weighted by molar-refractivity contribution is 5.79. The van der Waals surface area contributed by atoms with Crippen molar-refractivity contribution < 1.29 is 9.13 Å². The highest BCUT2D eigenvalue weighted by Gasteiger charge is 2.37. The monoisotopic (exact) mass is 317 g/mol. The SMILES string of the molecule is Cc1cc2cn[nH]c2cc1C1C(F)CN(C2COC2)CC[C@H]1C. The van der Waals surface area contributed by atoms with Gasteiger partial charge in [-0.2, -0.15) is 5.10 Å². The van der Waals surface area contributed by atoms with E-state index in [4.69, 9.17) is 4.74 Å². The molecular formula is C18H24FN3O. The van der Waals surface area contributed by atoms with Crippen molar-refractivity contribution in [1.29, 1.82) is 0 Å². The number of aryl methyl sites for hydroxylation is 1. The van der Waals surface area contributed by atoms with Crippen molar-refractivity contribution in [1.82, 2.24) is 15.1 Å². The van der Waals surface area contributed by atoms with Crippen LogP contribution >= 0.6 is 0 Å². The summed E-state index contributed by atoms with van der Waals surface area (Å²) in [4.78, 5) is 2.29. The van der Waals surface area contributed by atoms with E-state index in [0.717, 1.165) is 42.6 Å². The fourth-order valence-corrected chi connectivity index (χ4v) is 4.08. The number of aromatic nitrogens is 2. The third-order valence-electron chi connectivity index (χ3n) is 5.61. The molecule has 0 amide bonds. The van der Waals surface area contributed by atoms with Crippen LogP contribution in [0.3, 0.4) is 0 Å². The van der Waals surface area contributed by atoms with Gasteiger partial charge in [0.25, 0.3) is 0 Å². The third-order valence-corrected chi connectivity index (χ3v) is 5.61. The Kier molecular flexibility index (Phi) is 3.85. The van der Waals surface area contributed by atoms with E-state index in [0.29, 0.717) is 18.5 Å². The molecule has 23 heavy (non-hydrogen) atoms. The van der Waals surface area contributed by atoms with E-state index in [1.165, 1.54) is 5.56 Å². The minimum atomic E-state index is -0.841. The van der Waals surface area contributed by atoms with E-state index < -0.39 is 6.17 Å². The summed E-state index contributed by atoms with van der Waals surface area (Å²) in [6.45, 7) is 7.27. The standard InChI is InChI=1S/C18H24FN3O/c1-11-3-4-22(14-9-23-10-14)8-16(19)18(11)15-6-17-13(5-12(15)2)7-20-21-17/h5-7,11,14,16,18H,3-4,8-10H2,1-2H3,(H,20,21)/t11-,16?,18?/m1/s1. The zero-order valence-corrected chi connectivity index (χ0v) is 13.8. The first-order valence-electron chi connectivity index (χ1n) is 8.53. The molecular weight excluding hydrogens is 293 g/mol. The summed E-state index contributed by atoms with van der Waals surface area (Å²) >= 11 is 0. The number of aromatic amines is 1. The Hall–Kier alpha value is -1.46. The second-order valence-electron chi connectivity index (χ2n) is 7.16.